The number of ether oxygens (including phenoxy) is 2. The number of nitrogens with zero attached hydrogens (tertiary/aromatic N) is 4. The van der Waals surface area contributed by atoms with Crippen LogP contribution in [0.25, 0.3) is 10.4 Å². The summed E-state index contributed by atoms with van der Waals surface area (Å²) in [4.78, 5) is 17.2. The summed E-state index contributed by atoms with van der Waals surface area (Å²) in [6.07, 6.45) is 8.77. The highest BCUT2D eigenvalue weighted by Gasteiger charge is 2.31. The van der Waals surface area contributed by atoms with E-state index in [0.29, 0.717) is 19.6 Å². The molecule has 1 saturated carbocycles. The lowest BCUT2D eigenvalue weighted by atomic mass is 9.90. The molecule has 1 aliphatic carbocycles. The highest BCUT2D eigenvalue weighted by atomic mass is 16.6. The molecule has 0 radical (unpaired) electrons. The molecule has 0 bridgehead atoms. The highest BCUT2D eigenvalue weighted by Crippen LogP contribution is 2.26. The number of hydrogen-bond donors (Lipinski definition) is 0. The molecule has 1 rings (SSSR count). The minimum atomic E-state index is -0.530. The maximum absolute atomic E-state index is 12.5. The zero-order valence-corrected chi connectivity index (χ0v) is 14.9. The molecule has 0 saturated heterocycles. The van der Waals surface area contributed by atoms with Gasteiger partial charge in [-0.15, -0.1) is 6.42 Å². The molecule has 7 nitrogen and oxygen atoms in total. The lowest BCUT2D eigenvalue weighted by Gasteiger charge is -2.37. The molecule has 7 heteroatoms. The summed E-state index contributed by atoms with van der Waals surface area (Å²) in [5, 5.41) is 3.78. The number of carbonyl (C=O) groups excluding carboxylic acids is 1. The van der Waals surface area contributed by atoms with Gasteiger partial charge >= 0.3 is 6.09 Å². The number of amides is 1. The van der Waals surface area contributed by atoms with Crippen LogP contribution < -0.4 is 0 Å². The van der Waals surface area contributed by atoms with Crippen molar-refractivity contribution in [3.63, 3.8) is 0 Å². The van der Waals surface area contributed by atoms with Crippen LogP contribution in [0.4, 0.5) is 4.79 Å². The van der Waals surface area contributed by atoms with Crippen molar-refractivity contribution < 1.29 is 14.3 Å². The first-order chi connectivity index (χ1) is 11.4. The normalized spacial score (nSPS) is 20.6. The first kappa shape index (κ1) is 20.1. The summed E-state index contributed by atoms with van der Waals surface area (Å²) < 4.78 is 10.8. The van der Waals surface area contributed by atoms with Crippen molar-refractivity contribution >= 4 is 6.09 Å². The van der Waals surface area contributed by atoms with Crippen molar-refractivity contribution in [1.82, 2.24) is 4.90 Å². The number of rotatable bonds is 7. The van der Waals surface area contributed by atoms with Crippen LogP contribution in [0.15, 0.2) is 5.11 Å². The molecular formula is C17H28N4O3. The Morgan fingerprint density at radius 3 is 2.58 bits per heavy atom. The van der Waals surface area contributed by atoms with Crippen molar-refractivity contribution in [3.05, 3.63) is 10.4 Å². The first-order valence-electron chi connectivity index (χ1n) is 8.42. The smallest absolute Gasteiger partial charge is 0.410 e. The maximum Gasteiger partial charge on any atom is 0.410 e. The molecule has 134 valence electrons. The molecule has 0 heterocycles. The Kier molecular flexibility index (Phi) is 8.45. The van der Waals surface area contributed by atoms with Crippen LogP contribution in [0.3, 0.4) is 0 Å². The van der Waals surface area contributed by atoms with Gasteiger partial charge in [0.2, 0.25) is 0 Å². The monoisotopic (exact) mass is 336 g/mol. The largest absolute Gasteiger partial charge is 0.444 e. The average Bonchev–Trinajstić information content (AvgIpc) is 2.50. The van der Waals surface area contributed by atoms with Crippen molar-refractivity contribution in [2.45, 2.75) is 70.6 Å². The molecule has 1 fully saturated rings. The zero-order valence-electron chi connectivity index (χ0n) is 14.9. The van der Waals surface area contributed by atoms with Gasteiger partial charge in [-0.05, 0) is 58.4 Å². The van der Waals surface area contributed by atoms with Crippen molar-refractivity contribution in [2.24, 2.45) is 5.11 Å². The summed E-state index contributed by atoms with van der Waals surface area (Å²) >= 11 is 0. The fourth-order valence-electron chi connectivity index (χ4n) is 2.77. The SMILES string of the molecule is C#CCOCCCN(C(=O)OC(C)(C)C)[C@H]1CC[C@@H](N=[N+]=[N-])CC1. The number of terminal acetylenes is 1. The second kappa shape index (κ2) is 10.1. The van der Waals surface area contributed by atoms with E-state index in [0.717, 1.165) is 25.7 Å². The standard InChI is InChI=1S/C17H28N4O3/c1-5-12-23-13-6-11-21(16(22)24-17(2,3)4)15-9-7-14(8-10-15)19-20-18/h1,14-15H,6-13H2,2-4H3/t14-,15+. The summed E-state index contributed by atoms with van der Waals surface area (Å²) in [7, 11) is 0. The first-order valence-corrected chi connectivity index (χ1v) is 8.42. The third kappa shape index (κ3) is 7.58. The van der Waals surface area contributed by atoms with Gasteiger partial charge in [0.15, 0.2) is 0 Å². The van der Waals surface area contributed by atoms with Crippen LogP contribution in [-0.2, 0) is 9.47 Å². The summed E-state index contributed by atoms with van der Waals surface area (Å²) in [5.74, 6) is 2.42. The number of hydrogen-bond acceptors (Lipinski definition) is 4. The third-order valence-corrected chi connectivity index (χ3v) is 3.82. The summed E-state index contributed by atoms with van der Waals surface area (Å²) in [6, 6.07) is 0.142. The van der Waals surface area contributed by atoms with Crippen LogP contribution >= 0.6 is 0 Å². The quantitative estimate of drug-likeness (QED) is 0.232. The summed E-state index contributed by atoms with van der Waals surface area (Å²) in [6.45, 7) is 6.94. The fourth-order valence-corrected chi connectivity index (χ4v) is 2.77. The van der Waals surface area contributed by atoms with Crippen molar-refractivity contribution in [3.8, 4) is 12.3 Å². The van der Waals surface area contributed by atoms with E-state index in [9.17, 15) is 4.79 Å². The van der Waals surface area contributed by atoms with Crippen molar-refractivity contribution in [1.29, 1.82) is 0 Å². The van der Waals surface area contributed by atoms with E-state index < -0.39 is 5.60 Å². The summed E-state index contributed by atoms with van der Waals surface area (Å²) in [5.41, 5.74) is 8.01. The molecule has 0 N–H and O–H groups in total. The van der Waals surface area contributed by atoms with Crippen LogP contribution in [0.2, 0.25) is 0 Å². The lowest BCUT2D eigenvalue weighted by Crippen LogP contribution is -2.46. The van der Waals surface area contributed by atoms with Crippen LogP contribution in [-0.4, -0.2) is 48.4 Å². The minimum absolute atomic E-state index is 0.0331. The minimum Gasteiger partial charge on any atom is -0.444 e. The highest BCUT2D eigenvalue weighted by molar-refractivity contribution is 5.68. The Morgan fingerprint density at radius 1 is 1.38 bits per heavy atom. The van der Waals surface area contributed by atoms with E-state index in [4.69, 9.17) is 21.4 Å². The predicted octanol–water partition coefficient (Wildman–Crippen LogP) is 3.88. The molecule has 1 amide bonds. The molecule has 1 aliphatic rings. The van der Waals surface area contributed by atoms with E-state index in [1.807, 2.05) is 20.8 Å². The van der Waals surface area contributed by atoms with Gasteiger partial charge in [-0.1, -0.05) is 11.0 Å². The lowest BCUT2D eigenvalue weighted by molar-refractivity contribution is 0.00947. The van der Waals surface area contributed by atoms with Gasteiger partial charge in [0.25, 0.3) is 0 Å². The van der Waals surface area contributed by atoms with E-state index in [1.165, 1.54) is 0 Å². The van der Waals surface area contributed by atoms with E-state index in [2.05, 4.69) is 15.9 Å². The molecule has 0 spiro atoms. The van der Waals surface area contributed by atoms with Crippen LogP contribution in [0, 0.1) is 12.3 Å². The van der Waals surface area contributed by atoms with Gasteiger partial charge < -0.3 is 14.4 Å². The van der Waals surface area contributed by atoms with E-state index >= 15 is 0 Å². The maximum atomic E-state index is 12.5. The van der Waals surface area contributed by atoms with E-state index in [1.54, 1.807) is 4.90 Å². The fraction of sp³-hybridized carbons (Fsp3) is 0.824. The van der Waals surface area contributed by atoms with Gasteiger partial charge in [-0.25, -0.2) is 4.79 Å². The Hall–Kier alpha value is -1.90. The molecule has 0 aromatic heterocycles. The van der Waals surface area contributed by atoms with E-state index in [-0.39, 0.29) is 24.8 Å². The number of carbonyl (C=O) groups is 1. The molecule has 24 heavy (non-hydrogen) atoms. The molecule has 0 atom stereocenters. The van der Waals surface area contributed by atoms with Gasteiger partial charge in [0, 0.05) is 30.1 Å². The molecule has 0 unspecified atom stereocenters. The van der Waals surface area contributed by atoms with Gasteiger partial charge in [-0.2, -0.15) is 0 Å². The average molecular weight is 336 g/mol. The Balaban J connectivity index is 2.61. The molecular weight excluding hydrogens is 308 g/mol. The second-order valence-electron chi connectivity index (χ2n) is 6.95. The predicted molar refractivity (Wildman–Crippen MR) is 92.4 cm³/mol. The topological polar surface area (TPSA) is 87.5 Å². The Labute approximate surface area is 144 Å². The van der Waals surface area contributed by atoms with Gasteiger partial charge in [-0.3, -0.25) is 0 Å². The van der Waals surface area contributed by atoms with Crippen LogP contribution in [0.5, 0.6) is 0 Å². The van der Waals surface area contributed by atoms with Gasteiger partial charge in [0.1, 0.15) is 12.2 Å². The zero-order chi connectivity index (χ0) is 18.0. The number of azide groups is 1. The second-order valence-corrected chi connectivity index (χ2v) is 6.95. The van der Waals surface area contributed by atoms with Crippen molar-refractivity contribution in [2.75, 3.05) is 19.8 Å². The Morgan fingerprint density at radius 2 is 2.04 bits per heavy atom. The molecule has 0 aromatic rings. The Bertz CT molecular complexity index is 481. The molecule has 0 aliphatic heterocycles. The van der Waals surface area contributed by atoms with Gasteiger partial charge in [0.05, 0.1) is 0 Å². The third-order valence-electron chi connectivity index (χ3n) is 3.82. The molecule has 0 aromatic carbocycles. The van der Waals surface area contributed by atoms with Crippen LogP contribution in [0.1, 0.15) is 52.9 Å².